The van der Waals surface area contributed by atoms with Crippen LogP contribution in [0.15, 0.2) is 36.4 Å². The Morgan fingerprint density at radius 2 is 1.50 bits per heavy atom. The van der Waals surface area contributed by atoms with Crippen molar-refractivity contribution in [3.63, 3.8) is 0 Å². The van der Waals surface area contributed by atoms with E-state index < -0.39 is 0 Å². The van der Waals surface area contributed by atoms with Gasteiger partial charge in [-0.25, -0.2) is 0 Å². The number of rotatable bonds is 2. The van der Waals surface area contributed by atoms with E-state index in [2.05, 4.69) is 0 Å². The third-order valence-corrected chi connectivity index (χ3v) is 3.00. The summed E-state index contributed by atoms with van der Waals surface area (Å²) < 4.78 is 5.56. The number of ether oxygens (including phenoxy) is 1. The van der Waals surface area contributed by atoms with Gasteiger partial charge in [0.25, 0.3) is 0 Å². The summed E-state index contributed by atoms with van der Waals surface area (Å²) in [5.41, 5.74) is 0.467. The molecule has 90 valence electrons. The molecule has 0 N–H and O–H groups in total. The number of hydrogen-bond donors (Lipinski definition) is 0. The van der Waals surface area contributed by atoms with Crippen LogP contribution in [0.5, 0.6) is 11.5 Å². The molecule has 2 aromatic carbocycles. The van der Waals surface area contributed by atoms with Gasteiger partial charge in [0.2, 0.25) is 0 Å². The SMILES string of the molecule is N#Cc1ccc(Oc2ccc(Cl)cc2Cl)c(Cl)c1. The summed E-state index contributed by atoms with van der Waals surface area (Å²) in [6.45, 7) is 0. The molecule has 0 aliphatic heterocycles. The molecule has 0 heterocycles. The van der Waals surface area contributed by atoms with E-state index >= 15 is 0 Å². The molecule has 0 fully saturated rings. The third-order valence-electron chi connectivity index (χ3n) is 2.17. The van der Waals surface area contributed by atoms with E-state index in [9.17, 15) is 0 Å². The molecular formula is C13H6Cl3NO. The topological polar surface area (TPSA) is 33.0 Å². The van der Waals surface area contributed by atoms with Gasteiger partial charge in [-0.2, -0.15) is 5.26 Å². The van der Waals surface area contributed by atoms with E-state index in [4.69, 9.17) is 44.8 Å². The highest BCUT2D eigenvalue weighted by Gasteiger charge is 2.07. The van der Waals surface area contributed by atoms with Crippen molar-refractivity contribution >= 4 is 34.8 Å². The molecule has 0 aliphatic rings. The highest BCUT2D eigenvalue weighted by Crippen LogP contribution is 2.35. The van der Waals surface area contributed by atoms with Crippen LogP contribution >= 0.6 is 34.8 Å². The van der Waals surface area contributed by atoms with Gasteiger partial charge in [-0.15, -0.1) is 0 Å². The van der Waals surface area contributed by atoms with Crippen LogP contribution in [0.4, 0.5) is 0 Å². The summed E-state index contributed by atoms with van der Waals surface area (Å²) in [7, 11) is 0. The molecule has 0 atom stereocenters. The van der Waals surface area contributed by atoms with Crippen molar-refractivity contribution in [2.24, 2.45) is 0 Å². The average Bonchev–Trinajstić information content (AvgIpc) is 2.34. The van der Waals surface area contributed by atoms with Crippen LogP contribution in [0, 0.1) is 11.3 Å². The Morgan fingerprint density at radius 1 is 0.889 bits per heavy atom. The fourth-order valence-electron chi connectivity index (χ4n) is 1.33. The molecule has 0 amide bonds. The van der Waals surface area contributed by atoms with Crippen molar-refractivity contribution in [3.05, 3.63) is 57.0 Å². The van der Waals surface area contributed by atoms with Crippen molar-refractivity contribution < 1.29 is 4.74 Å². The van der Waals surface area contributed by atoms with Gasteiger partial charge >= 0.3 is 0 Å². The van der Waals surface area contributed by atoms with Gasteiger partial charge in [-0.1, -0.05) is 34.8 Å². The molecular weight excluding hydrogens is 293 g/mol. The zero-order valence-electron chi connectivity index (χ0n) is 8.95. The molecule has 0 radical (unpaired) electrons. The van der Waals surface area contributed by atoms with E-state index in [-0.39, 0.29) is 0 Å². The van der Waals surface area contributed by atoms with Crippen molar-refractivity contribution in [3.8, 4) is 17.6 Å². The summed E-state index contributed by atoms with van der Waals surface area (Å²) >= 11 is 17.8. The highest BCUT2D eigenvalue weighted by molar-refractivity contribution is 6.35. The summed E-state index contributed by atoms with van der Waals surface area (Å²) in [5.74, 6) is 0.882. The fraction of sp³-hybridized carbons (Fsp3) is 0. The number of nitrogens with zero attached hydrogens (tertiary/aromatic N) is 1. The Bertz CT molecular complexity index is 635. The average molecular weight is 299 g/mol. The van der Waals surface area contributed by atoms with Gasteiger partial charge in [0, 0.05) is 5.02 Å². The Labute approximate surface area is 119 Å². The highest BCUT2D eigenvalue weighted by atomic mass is 35.5. The second-order valence-electron chi connectivity index (χ2n) is 3.43. The lowest BCUT2D eigenvalue weighted by atomic mass is 10.2. The number of hydrogen-bond acceptors (Lipinski definition) is 2. The quantitative estimate of drug-likeness (QED) is 0.752. The molecule has 0 unspecified atom stereocenters. The first-order valence-corrected chi connectivity index (χ1v) is 6.06. The minimum Gasteiger partial charge on any atom is -0.454 e. The Hall–Kier alpha value is -1.40. The monoisotopic (exact) mass is 297 g/mol. The molecule has 18 heavy (non-hydrogen) atoms. The molecule has 2 nitrogen and oxygen atoms in total. The van der Waals surface area contributed by atoms with Gasteiger partial charge in [-0.05, 0) is 36.4 Å². The zero-order valence-corrected chi connectivity index (χ0v) is 11.2. The molecule has 2 aromatic rings. The third kappa shape index (κ3) is 2.88. The fourth-order valence-corrected chi connectivity index (χ4v) is 2.00. The number of halogens is 3. The first kappa shape index (κ1) is 13.0. The van der Waals surface area contributed by atoms with Gasteiger partial charge in [0.1, 0.15) is 11.5 Å². The summed E-state index contributed by atoms with van der Waals surface area (Å²) in [4.78, 5) is 0. The Morgan fingerprint density at radius 3 is 2.06 bits per heavy atom. The van der Waals surface area contributed by atoms with Crippen LogP contribution in [0.2, 0.25) is 15.1 Å². The van der Waals surface area contributed by atoms with Crippen LogP contribution in [0.3, 0.4) is 0 Å². The molecule has 0 aliphatic carbocycles. The number of benzene rings is 2. The Kier molecular flexibility index (Phi) is 3.98. The maximum atomic E-state index is 8.73. The summed E-state index contributed by atoms with van der Waals surface area (Å²) in [5, 5.41) is 10.00. The van der Waals surface area contributed by atoms with Crippen molar-refractivity contribution in [2.45, 2.75) is 0 Å². The Balaban J connectivity index is 2.32. The van der Waals surface area contributed by atoms with Crippen LogP contribution < -0.4 is 4.74 Å². The largest absolute Gasteiger partial charge is 0.454 e. The van der Waals surface area contributed by atoms with Gasteiger partial charge in [0.15, 0.2) is 0 Å². The first-order valence-electron chi connectivity index (χ1n) is 4.92. The second kappa shape index (κ2) is 5.49. The molecule has 2 rings (SSSR count). The molecule has 0 bridgehead atoms. The van der Waals surface area contributed by atoms with Crippen molar-refractivity contribution in [1.82, 2.24) is 0 Å². The van der Waals surface area contributed by atoms with Gasteiger partial charge in [0.05, 0.1) is 21.7 Å². The molecule has 0 saturated heterocycles. The van der Waals surface area contributed by atoms with E-state index in [0.717, 1.165) is 0 Å². The predicted molar refractivity (Wildman–Crippen MR) is 72.7 cm³/mol. The van der Waals surface area contributed by atoms with E-state index in [1.165, 1.54) is 6.07 Å². The van der Waals surface area contributed by atoms with Crippen LogP contribution in [-0.2, 0) is 0 Å². The van der Waals surface area contributed by atoms with E-state index in [1.807, 2.05) is 6.07 Å². The summed E-state index contributed by atoms with van der Waals surface area (Å²) in [6, 6.07) is 11.7. The molecule has 0 aromatic heterocycles. The first-order chi connectivity index (χ1) is 8.60. The predicted octanol–water partition coefficient (Wildman–Crippen LogP) is 5.31. The van der Waals surface area contributed by atoms with Crippen molar-refractivity contribution in [1.29, 1.82) is 5.26 Å². The van der Waals surface area contributed by atoms with Crippen molar-refractivity contribution in [2.75, 3.05) is 0 Å². The normalized spacial score (nSPS) is 9.89. The maximum absolute atomic E-state index is 8.73. The smallest absolute Gasteiger partial charge is 0.146 e. The zero-order chi connectivity index (χ0) is 13.1. The van der Waals surface area contributed by atoms with E-state index in [1.54, 1.807) is 30.3 Å². The minimum absolute atomic E-state index is 0.347. The molecule has 0 spiro atoms. The number of nitriles is 1. The van der Waals surface area contributed by atoms with Crippen LogP contribution in [0.25, 0.3) is 0 Å². The minimum atomic E-state index is 0.347. The van der Waals surface area contributed by atoms with Gasteiger partial charge in [-0.3, -0.25) is 0 Å². The van der Waals surface area contributed by atoms with Gasteiger partial charge < -0.3 is 4.74 Å². The van der Waals surface area contributed by atoms with Crippen LogP contribution in [-0.4, -0.2) is 0 Å². The lowest BCUT2D eigenvalue weighted by Crippen LogP contribution is -1.87. The lowest BCUT2D eigenvalue weighted by Gasteiger charge is -2.09. The maximum Gasteiger partial charge on any atom is 0.146 e. The lowest BCUT2D eigenvalue weighted by molar-refractivity contribution is 0.483. The molecule has 5 heteroatoms. The van der Waals surface area contributed by atoms with Crippen LogP contribution in [0.1, 0.15) is 5.56 Å². The standard InChI is InChI=1S/C13H6Cl3NO/c14-9-2-4-13(11(16)6-9)18-12-3-1-8(7-17)5-10(12)15/h1-6H. The second-order valence-corrected chi connectivity index (χ2v) is 4.68. The van der Waals surface area contributed by atoms with E-state index in [0.29, 0.717) is 32.1 Å². The summed E-state index contributed by atoms with van der Waals surface area (Å²) in [6.07, 6.45) is 0. The molecule has 0 saturated carbocycles.